The van der Waals surface area contributed by atoms with Crippen LogP contribution in [-0.4, -0.2) is 18.6 Å². The topological polar surface area (TPSA) is 73.1 Å². The minimum atomic E-state index is -3.44. The normalized spacial score (nSPS) is 11.6. The van der Waals surface area contributed by atoms with Crippen LogP contribution in [0, 0.1) is 12.7 Å². The average Bonchev–Trinajstić information content (AvgIpc) is 2.95. The number of aryl methyl sites for hydroxylation is 1. The van der Waals surface area contributed by atoms with E-state index in [9.17, 15) is 12.8 Å². The number of hydrogen-bond donors (Lipinski definition) is 0. The van der Waals surface area contributed by atoms with Gasteiger partial charge in [-0.05, 0) is 36.8 Å². The third-order valence-corrected chi connectivity index (χ3v) is 4.83. The highest BCUT2D eigenvalue weighted by Gasteiger charge is 2.18. The molecule has 24 heavy (non-hydrogen) atoms. The van der Waals surface area contributed by atoms with Crippen molar-refractivity contribution in [3.8, 4) is 11.5 Å². The Labute approximate surface area is 139 Å². The standard InChI is InChI=1S/C17H15FN2O3S/c1-12-3-2-4-13(9-12)10-24(21,22)11-16-19-20-17(23-16)14-5-7-15(18)8-6-14/h2-9H,10-11H2,1H3. The van der Waals surface area contributed by atoms with Crippen molar-refractivity contribution in [1.82, 2.24) is 10.2 Å². The summed E-state index contributed by atoms with van der Waals surface area (Å²) in [7, 11) is -3.44. The zero-order chi connectivity index (χ0) is 17.2. The fourth-order valence-electron chi connectivity index (χ4n) is 2.32. The van der Waals surface area contributed by atoms with Gasteiger partial charge in [-0.25, -0.2) is 12.8 Å². The molecule has 3 rings (SSSR count). The summed E-state index contributed by atoms with van der Waals surface area (Å²) in [6, 6.07) is 12.9. The van der Waals surface area contributed by atoms with Gasteiger partial charge in [0.05, 0.1) is 5.75 Å². The van der Waals surface area contributed by atoms with E-state index < -0.39 is 9.84 Å². The SMILES string of the molecule is Cc1cccc(CS(=O)(=O)Cc2nnc(-c3ccc(F)cc3)o2)c1. The van der Waals surface area contributed by atoms with Crippen LogP contribution in [0.5, 0.6) is 0 Å². The van der Waals surface area contributed by atoms with E-state index in [1.807, 2.05) is 25.1 Å². The van der Waals surface area contributed by atoms with E-state index >= 15 is 0 Å². The molecule has 124 valence electrons. The van der Waals surface area contributed by atoms with Crippen molar-refractivity contribution in [2.45, 2.75) is 18.4 Å². The Hall–Kier alpha value is -2.54. The molecule has 0 spiro atoms. The van der Waals surface area contributed by atoms with Gasteiger partial charge in [0, 0.05) is 5.56 Å². The number of nitrogens with zero attached hydrogens (tertiary/aromatic N) is 2. The molecule has 0 radical (unpaired) electrons. The van der Waals surface area contributed by atoms with E-state index in [4.69, 9.17) is 4.42 Å². The monoisotopic (exact) mass is 346 g/mol. The van der Waals surface area contributed by atoms with Gasteiger partial charge in [0.15, 0.2) is 9.84 Å². The molecular weight excluding hydrogens is 331 g/mol. The van der Waals surface area contributed by atoms with Crippen LogP contribution in [0.2, 0.25) is 0 Å². The molecule has 0 fully saturated rings. The van der Waals surface area contributed by atoms with Gasteiger partial charge in [-0.2, -0.15) is 0 Å². The highest BCUT2D eigenvalue weighted by Crippen LogP contribution is 2.20. The number of benzene rings is 2. The minimum absolute atomic E-state index is 0.0157. The molecule has 1 aromatic heterocycles. The van der Waals surface area contributed by atoms with Gasteiger partial charge in [-0.1, -0.05) is 29.8 Å². The average molecular weight is 346 g/mol. The molecule has 0 saturated carbocycles. The lowest BCUT2D eigenvalue weighted by molar-refractivity contribution is 0.518. The fraction of sp³-hybridized carbons (Fsp3) is 0.176. The molecule has 0 aliphatic heterocycles. The van der Waals surface area contributed by atoms with Crippen molar-refractivity contribution in [1.29, 1.82) is 0 Å². The molecule has 0 aliphatic rings. The van der Waals surface area contributed by atoms with E-state index in [1.165, 1.54) is 24.3 Å². The Morgan fingerprint density at radius 2 is 1.79 bits per heavy atom. The number of sulfone groups is 1. The summed E-state index contributed by atoms with van der Waals surface area (Å²) >= 11 is 0. The maximum atomic E-state index is 12.9. The van der Waals surface area contributed by atoms with Gasteiger partial charge >= 0.3 is 0 Å². The maximum Gasteiger partial charge on any atom is 0.247 e. The first-order valence-electron chi connectivity index (χ1n) is 7.25. The molecule has 0 N–H and O–H groups in total. The first kappa shape index (κ1) is 16.3. The van der Waals surface area contributed by atoms with Crippen LogP contribution in [0.4, 0.5) is 4.39 Å². The van der Waals surface area contributed by atoms with Crippen molar-refractivity contribution >= 4 is 9.84 Å². The molecule has 0 amide bonds. The highest BCUT2D eigenvalue weighted by atomic mass is 32.2. The summed E-state index contributed by atoms with van der Waals surface area (Å²) in [6.07, 6.45) is 0. The molecule has 0 aliphatic carbocycles. The molecule has 5 nitrogen and oxygen atoms in total. The summed E-state index contributed by atoms with van der Waals surface area (Å²) in [4.78, 5) is 0. The zero-order valence-electron chi connectivity index (χ0n) is 12.9. The zero-order valence-corrected chi connectivity index (χ0v) is 13.8. The van der Waals surface area contributed by atoms with Crippen LogP contribution in [-0.2, 0) is 21.3 Å². The maximum absolute atomic E-state index is 12.9. The number of rotatable bonds is 5. The van der Waals surface area contributed by atoms with Crippen molar-refractivity contribution < 1.29 is 17.2 Å². The second-order valence-electron chi connectivity index (χ2n) is 5.53. The number of aromatic nitrogens is 2. The van der Waals surface area contributed by atoms with E-state index in [1.54, 1.807) is 6.07 Å². The van der Waals surface area contributed by atoms with Crippen molar-refractivity contribution in [3.05, 3.63) is 71.4 Å². The van der Waals surface area contributed by atoms with Gasteiger partial charge in [0.25, 0.3) is 0 Å². The Balaban J connectivity index is 1.75. The van der Waals surface area contributed by atoms with Crippen LogP contribution in [0.15, 0.2) is 52.9 Å². The molecular formula is C17H15FN2O3S. The smallest absolute Gasteiger partial charge is 0.247 e. The lowest BCUT2D eigenvalue weighted by atomic mass is 10.2. The predicted octanol–water partition coefficient (Wildman–Crippen LogP) is 3.30. The summed E-state index contributed by atoms with van der Waals surface area (Å²) in [5.41, 5.74) is 2.25. The fourth-order valence-corrected chi connectivity index (χ4v) is 3.60. The van der Waals surface area contributed by atoms with Crippen molar-refractivity contribution in [3.63, 3.8) is 0 Å². The first-order valence-corrected chi connectivity index (χ1v) is 9.08. The predicted molar refractivity (Wildman–Crippen MR) is 87.2 cm³/mol. The Kier molecular flexibility index (Phi) is 4.44. The van der Waals surface area contributed by atoms with Crippen LogP contribution in [0.25, 0.3) is 11.5 Å². The molecule has 3 aromatic rings. The molecule has 0 bridgehead atoms. The van der Waals surface area contributed by atoms with Crippen LogP contribution in [0.3, 0.4) is 0 Å². The second kappa shape index (κ2) is 6.52. The summed E-state index contributed by atoms with van der Waals surface area (Å²) in [6.45, 7) is 1.91. The Bertz CT molecular complexity index is 950. The quantitative estimate of drug-likeness (QED) is 0.709. The third-order valence-electron chi connectivity index (χ3n) is 3.37. The lowest BCUT2D eigenvalue weighted by Gasteiger charge is -2.03. The van der Waals surface area contributed by atoms with Crippen LogP contribution >= 0.6 is 0 Å². The third kappa shape index (κ3) is 4.05. The Morgan fingerprint density at radius 1 is 1.04 bits per heavy atom. The summed E-state index contributed by atoms with van der Waals surface area (Å²) < 4.78 is 42.9. The van der Waals surface area contributed by atoms with Crippen molar-refractivity contribution in [2.75, 3.05) is 0 Å². The molecule has 0 unspecified atom stereocenters. The van der Waals surface area contributed by atoms with Crippen molar-refractivity contribution in [2.24, 2.45) is 0 Å². The molecule has 7 heteroatoms. The molecule has 0 atom stereocenters. The van der Waals surface area contributed by atoms with Crippen LogP contribution in [0.1, 0.15) is 17.0 Å². The van der Waals surface area contributed by atoms with E-state index in [2.05, 4.69) is 10.2 Å². The van der Waals surface area contributed by atoms with Gasteiger partial charge in [0.2, 0.25) is 11.8 Å². The molecule has 2 aromatic carbocycles. The summed E-state index contributed by atoms with van der Waals surface area (Å²) in [5, 5.41) is 7.59. The number of hydrogen-bond acceptors (Lipinski definition) is 5. The lowest BCUT2D eigenvalue weighted by Crippen LogP contribution is -2.08. The van der Waals surface area contributed by atoms with Gasteiger partial charge in [-0.3, -0.25) is 0 Å². The molecule has 1 heterocycles. The summed E-state index contributed by atoms with van der Waals surface area (Å²) in [5.74, 6) is -0.630. The minimum Gasteiger partial charge on any atom is -0.420 e. The van der Waals surface area contributed by atoms with Gasteiger partial charge < -0.3 is 4.42 Å². The van der Waals surface area contributed by atoms with Gasteiger partial charge in [0.1, 0.15) is 11.6 Å². The van der Waals surface area contributed by atoms with Gasteiger partial charge in [-0.15, -0.1) is 10.2 Å². The number of halogens is 1. The van der Waals surface area contributed by atoms with Crippen LogP contribution < -0.4 is 0 Å². The second-order valence-corrected chi connectivity index (χ2v) is 7.59. The largest absolute Gasteiger partial charge is 0.420 e. The first-order chi connectivity index (χ1) is 11.4. The van der Waals surface area contributed by atoms with E-state index in [0.717, 1.165) is 5.56 Å². The Morgan fingerprint density at radius 3 is 2.50 bits per heavy atom. The molecule has 0 saturated heterocycles. The highest BCUT2D eigenvalue weighted by molar-refractivity contribution is 7.89. The van der Waals surface area contributed by atoms with E-state index in [-0.39, 0.29) is 29.1 Å². The van der Waals surface area contributed by atoms with E-state index in [0.29, 0.717) is 11.1 Å².